The molecule has 0 heterocycles. The smallest absolute Gasteiger partial charge is 0.331 e. The molecule has 2 aromatic carbocycles. The van der Waals surface area contributed by atoms with E-state index in [4.69, 9.17) is 4.74 Å². The molecule has 1 aliphatic carbocycles. The molecule has 4 nitrogen and oxygen atoms in total. The van der Waals surface area contributed by atoms with E-state index in [1.54, 1.807) is 12.1 Å². The SMILES string of the molecule is O=C(COC(=O)/C=C/c1cccc(F)c1)Nc1ccc2c(c1)CCC2. The van der Waals surface area contributed by atoms with Gasteiger partial charge in [-0.25, -0.2) is 9.18 Å². The number of aryl methyl sites for hydroxylation is 2. The number of carbonyl (C=O) groups excluding carboxylic acids is 2. The number of carbonyl (C=O) groups is 2. The summed E-state index contributed by atoms with van der Waals surface area (Å²) in [6, 6.07) is 11.7. The lowest BCUT2D eigenvalue weighted by molar-refractivity contribution is -0.142. The quantitative estimate of drug-likeness (QED) is 0.670. The molecule has 0 bridgehead atoms. The average molecular weight is 339 g/mol. The highest BCUT2D eigenvalue weighted by atomic mass is 19.1. The first-order valence-electron chi connectivity index (χ1n) is 8.12. The van der Waals surface area contributed by atoms with Crippen molar-refractivity contribution in [2.75, 3.05) is 11.9 Å². The van der Waals surface area contributed by atoms with Gasteiger partial charge in [-0.2, -0.15) is 0 Å². The van der Waals surface area contributed by atoms with E-state index in [9.17, 15) is 14.0 Å². The van der Waals surface area contributed by atoms with Gasteiger partial charge in [-0.15, -0.1) is 0 Å². The van der Waals surface area contributed by atoms with E-state index < -0.39 is 11.9 Å². The molecule has 0 unspecified atom stereocenters. The second-order valence-corrected chi connectivity index (χ2v) is 5.88. The molecule has 0 aliphatic heterocycles. The summed E-state index contributed by atoms with van der Waals surface area (Å²) in [5.41, 5.74) is 3.83. The number of ether oxygens (including phenoxy) is 1. The minimum atomic E-state index is -0.659. The Balaban J connectivity index is 1.48. The molecule has 0 atom stereocenters. The predicted octanol–water partition coefficient (Wildman–Crippen LogP) is 3.51. The number of hydrogen-bond acceptors (Lipinski definition) is 3. The van der Waals surface area contributed by atoms with Crippen LogP contribution in [0.15, 0.2) is 48.5 Å². The molecule has 1 N–H and O–H groups in total. The summed E-state index contributed by atoms with van der Waals surface area (Å²) >= 11 is 0. The summed E-state index contributed by atoms with van der Waals surface area (Å²) < 4.78 is 17.9. The van der Waals surface area contributed by atoms with Gasteiger partial charge < -0.3 is 10.1 Å². The largest absolute Gasteiger partial charge is 0.452 e. The molecular weight excluding hydrogens is 321 g/mol. The Kier molecular flexibility index (Phi) is 5.23. The summed E-state index contributed by atoms with van der Waals surface area (Å²) in [6.45, 7) is -0.372. The Morgan fingerprint density at radius 2 is 1.96 bits per heavy atom. The molecule has 0 fully saturated rings. The maximum atomic E-state index is 13.0. The Morgan fingerprint density at radius 1 is 1.12 bits per heavy atom. The molecule has 0 radical (unpaired) electrons. The monoisotopic (exact) mass is 339 g/mol. The van der Waals surface area contributed by atoms with E-state index in [0.29, 0.717) is 11.3 Å². The van der Waals surface area contributed by atoms with Gasteiger partial charge in [0.05, 0.1) is 0 Å². The fourth-order valence-electron chi connectivity index (χ4n) is 2.81. The molecule has 128 valence electrons. The van der Waals surface area contributed by atoms with Crippen molar-refractivity contribution in [3.05, 3.63) is 71.0 Å². The van der Waals surface area contributed by atoms with Gasteiger partial charge in [0.25, 0.3) is 5.91 Å². The van der Waals surface area contributed by atoms with Gasteiger partial charge in [-0.1, -0.05) is 18.2 Å². The third kappa shape index (κ3) is 4.76. The van der Waals surface area contributed by atoms with Gasteiger partial charge in [0, 0.05) is 11.8 Å². The third-order valence-electron chi connectivity index (χ3n) is 3.99. The molecule has 0 spiro atoms. The molecular formula is C20H18FNO3. The fourth-order valence-corrected chi connectivity index (χ4v) is 2.81. The second kappa shape index (κ2) is 7.75. The molecule has 1 aliphatic rings. The zero-order valence-electron chi connectivity index (χ0n) is 13.6. The summed E-state index contributed by atoms with van der Waals surface area (Å²) in [5, 5.41) is 2.72. The van der Waals surface area contributed by atoms with Crippen molar-refractivity contribution < 1.29 is 18.7 Å². The molecule has 1 amide bonds. The van der Waals surface area contributed by atoms with Crippen molar-refractivity contribution >= 4 is 23.6 Å². The lowest BCUT2D eigenvalue weighted by atomic mass is 10.1. The van der Waals surface area contributed by atoms with Crippen LogP contribution in [0.4, 0.5) is 10.1 Å². The maximum absolute atomic E-state index is 13.0. The Morgan fingerprint density at radius 3 is 2.80 bits per heavy atom. The minimum Gasteiger partial charge on any atom is -0.452 e. The number of anilines is 1. The van der Waals surface area contributed by atoms with Gasteiger partial charge >= 0.3 is 5.97 Å². The molecule has 0 aromatic heterocycles. The van der Waals surface area contributed by atoms with E-state index in [0.717, 1.165) is 25.3 Å². The van der Waals surface area contributed by atoms with Gasteiger partial charge in [-0.05, 0) is 66.3 Å². The van der Waals surface area contributed by atoms with Crippen molar-refractivity contribution in [3.8, 4) is 0 Å². The Hall–Kier alpha value is -2.95. The zero-order valence-corrected chi connectivity index (χ0v) is 13.6. The lowest BCUT2D eigenvalue weighted by Crippen LogP contribution is -2.20. The van der Waals surface area contributed by atoms with E-state index in [1.807, 2.05) is 18.2 Å². The minimum absolute atomic E-state index is 0.372. The highest BCUT2D eigenvalue weighted by Crippen LogP contribution is 2.24. The molecule has 5 heteroatoms. The van der Waals surface area contributed by atoms with Crippen molar-refractivity contribution in [1.82, 2.24) is 0 Å². The van der Waals surface area contributed by atoms with Crippen LogP contribution in [-0.4, -0.2) is 18.5 Å². The molecule has 0 saturated carbocycles. The number of hydrogen-bond donors (Lipinski definition) is 1. The van der Waals surface area contributed by atoms with E-state index in [2.05, 4.69) is 5.32 Å². The standard InChI is InChI=1S/C20H18FNO3/c21-17-6-1-3-14(11-17)7-10-20(24)25-13-19(23)22-18-9-8-15-4-2-5-16(15)12-18/h1,3,6-12H,2,4-5,13H2,(H,22,23)/b10-7+. The molecule has 3 rings (SSSR count). The number of fused-ring (bicyclic) bond motifs is 1. The highest BCUT2D eigenvalue weighted by molar-refractivity contribution is 5.94. The Labute approximate surface area is 145 Å². The first-order valence-corrected chi connectivity index (χ1v) is 8.12. The van der Waals surface area contributed by atoms with Crippen LogP contribution >= 0.6 is 0 Å². The van der Waals surface area contributed by atoms with Crippen molar-refractivity contribution in [1.29, 1.82) is 0 Å². The number of rotatable bonds is 5. The number of amides is 1. The van der Waals surface area contributed by atoms with Gasteiger partial charge in [0.15, 0.2) is 6.61 Å². The van der Waals surface area contributed by atoms with Gasteiger partial charge in [0.2, 0.25) is 0 Å². The normalized spacial score (nSPS) is 12.8. The van der Waals surface area contributed by atoms with E-state index in [-0.39, 0.29) is 12.4 Å². The fraction of sp³-hybridized carbons (Fsp3) is 0.200. The van der Waals surface area contributed by atoms with Crippen LogP contribution in [0, 0.1) is 5.82 Å². The van der Waals surface area contributed by atoms with Crippen molar-refractivity contribution in [2.45, 2.75) is 19.3 Å². The number of halogens is 1. The van der Waals surface area contributed by atoms with Crippen LogP contribution in [0.1, 0.15) is 23.1 Å². The number of esters is 1. The average Bonchev–Trinajstić information content (AvgIpc) is 3.06. The topological polar surface area (TPSA) is 55.4 Å². The van der Waals surface area contributed by atoms with Gasteiger partial charge in [0.1, 0.15) is 5.82 Å². The summed E-state index contributed by atoms with van der Waals surface area (Å²) in [7, 11) is 0. The van der Waals surface area contributed by atoms with Crippen LogP contribution < -0.4 is 5.32 Å². The van der Waals surface area contributed by atoms with Crippen LogP contribution in [0.25, 0.3) is 6.08 Å². The van der Waals surface area contributed by atoms with Crippen LogP contribution in [0.2, 0.25) is 0 Å². The van der Waals surface area contributed by atoms with Crippen molar-refractivity contribution in [2.24, 2.45) is 0 Å². The predicted molar refractivity (Wildman–Crippen MR) is 93.5 cm³/mol. The van der Waals surface area contributed by atoms with E-state index in [1.165, 1.54) is 29.3 Å². The number of nitrogens with one attached hydrogen (secondary N) is 1. The summed E-state index contributed by atoms with van der Waals surface area (Å²) in [4.78, 5) is 23.5. The highest BCUT2D eigenvalue weighted by Gasteiger charge is 2.12. The Bertz CT molecular complexity index is 829. The number of benzene rings is 2. The lowest BCUT2D eigenvalue weighted by Gasteiger charge is -2.07. The zero-order chi connectivity index (χ0) is 17.6. The molecule has 25 heavy (non-hydrogen) atoms. The molecule has 0 saturated heterocycles. The third-order valence-corrected chi connectivity index (χ3v) is 3.99. The summed E-state index contributed by atoms with van der Waals surface area (Å²) in [5.74, 6) is -1.44. The van der Waals surface area contributed by atoms with Crippen LogP contribution in [0.5, 0.6) is 0 Å². The second-order valence-electron chi connectivity index (χ2n) is 5.88. The van der Waals surface area contributed by atoms with Crippen LogP contribution in [-0.2, 0) is 27.2 Å². The maximum Gasteiger partial charge on any atom is 0.331 e. The van der Waals surface area contributed by atoms with Gasteiger partial charge in [-0.3, -0.25) is 4.79 Å². The molecule has 2 aromatic rings. The van der Waals surface area contributed by atoms with Crippen LogP contribution in [0.3, 0.4) is 0 Å². The summed E-state index contributed by atoms with van der Waals surface area (Å²) in [6.07, 6.45) is 5.85. The van der Waals surface area contributed by atoms with Crippen molar-refractivity contribution in [3.63, 3.8) is 0 Å². The first-order chi connectivity index (χ1) is 12.1. The first kappa shape index (κ1) is 16.9. The van der Waals surface area contributed by atoms with E-state index >= 15 is 0 Å².